The van der Waals surface area contributed by atoms with Crippen LogP contribution >= 0.6 is 0 Å². The molecule has 0 heterocycles. The van der Waals surface area contributed by atoms with Crippen molar-refractivity contribution < 1.29 is 26.1 Å². The van der Waals surface area contributed by atoms with Gasteiger partial charge in [0.1, 0.15) is 10.6 Å². The van der Waals surface area contributed by atoms with Crippen molar-refractivity contribution in [2.45, 2.75) is 11.1 Å². The van der Waals surface area contributed by atoms with Gasteiger partial charge < -0.3 is 5.73 Å². The second-order valence-corrected chi connectivity index (χ2v) is 6.96. The summed E-state index contributed by atoms with van der Waals surface area (Å²) in [6.07, 6.45) is -4.47. The molecule has 3 rings (SSSR count). The largest absolute Gasteiger partial charge is 0.416 e. The zero-order chi connectivity index (χ0) is 19.8. The van der Waals surface area contributed by atoms with Gasteiger partial charge in [0.2, 0.25) is 0 Å². The first-order valence-electron chi connectivity index (χ1n) is 7.45. The predicted molar refractivity (Wildman–Crippen MR) is 93.8 cm³/mol. The van der Waals surface area contributed by atoms with Crippen molar-refractivity contribution in [2.75, 3.05) is 5.73 Å². The van der Waals surface area contributed by atoms with Crippen LogP contribution < -0.4 is 5.73 Å². The highest BCUT2D eigenvalue weighted by molar-refractivity contribution is 7.86. The van der Waals surface area contributed by atoms with E-state index in [9.17, 15) is 26.1 Å². The molecule has 0 fully saturated rings. The average molecular weight is 395 g/mol. The van der Waals surface area contributed by atoms with E-state index in [1.54, 1.807) is 18.2 Å². The van der Waals surface area contributed by atoms with E-state index >= 15 is 0 Å². The molecule has 27 heavy (non-hydrogen) atoms. The van der Waals surface area contributed by atoms with Crippen LogP contribution in [0.5, 0.6) is 0 Å². The first-order valence-corrected chi connectivity index (χ1v) is 8.89. The molecular formula is C17H12F3N3O3S. The Morgan fingerprint density at radius 2 is 1.52 bits per heavy atom. The van der Waals surface area contributed by atoms with Crippen molar-refractivity contribution >= 4 is 38.0 Å². The molecule has 0 spiro atoms. The number of rotatable bonds is 3. The number of benzene rings is 3. The second kappa shape index (κ2) is 6.63. The molecule has 0 bridgehead atoms. The molecule has 140 valence electrons. The number of nitrogens with two attached hydrogens (primary N) is 1. The fourth-order valence-corrected chi connectivity index (χ4v) is 3.19. The molecule has 3 aromatic rings. The first-order chi connectivity index (χ1) is 12.6. The lowest BCUT2D eigenvalue weighted by Gasteiger charge is -2.09. The molecule has 3 aromatic carbocycles. The Morgan fingerprint density at radius 3 is 2.07 bits per heavy atom. The third-order valence-corrected chi connectivity index (χ3v) is 4.67. The molecule has 10 heteroatoms. The standard InChI is InChI=1S/C17H12F3N3O3S/c18-17(19,20)10-5-7-11(8-6-10)22-23-14-9-15(27(24,25)26)12-3-1-2-4-13(12)16(14)21/h1-9H,21H2,(H,24,25,26). The zero-order valence-electron chi connectivity index (χ0n) is 13.5. The average Bonchev–Trinajstić information content (AvgIpc) is 2.60. The Kier molecular flexibility index (Phi) is 4.62. The van der Waals surface area contributed by atoms with Gasteiger partial charge in [0.05, 0.1) is 16.9 Å². The number of halogens is 3. The van der Waals surface area contributed by atoms with Crippen molar-refractivity contribution in [1.29, 1.82) is 0 Å². The van der Waals surface area contributed by atoms with Crippen molar-refractivity contribution in [1.82, 2.24) is 0 Å². The molecule has 0 radical (unpaired) electrons. The Hall–Kier alpha value is -2.98. The summed E-state index contributed by atoms with van der Waals surface area (Å²) in [5, 5.41) is 8.18. The van der Waals surface area contributed by atoms with Crippen molar-refractivity contribution in [3.63, 3.8) is 0 Å². The van der Waals surface area contributed by atoms with Crippen LogP contribution in [-0.4, -0.2) is 13.0 Å². The fourth-order valence-electron chi connectivity index (χ4n) is 2.48. The third kappa shape index (κ3) is 3.91. The highest BCUT2D eigenvalue weighted by Gasteiger charge is 2.29. The number of azo groups is 1. The Morgan fingerprint density at radius 1 is 0.926 bits per heavy atom. The van der Waals surface area contributed by atoms with E-state index in [1.165, 1.54) is 6.07 Å². The molecule has 0 aromatic heterocycles. The predicted octanol–water partition coefficient (Wildman–Crippen LogP) is 5.10. The molecule has 0 atom stereocenters. The monoisotopic (exact) mass is 395 g/mol. The quantitative estimate of drug-likeness (QED) is 0.365. The molecule has 0 saturated carbocycles. The van der Waals surface area contributed by atoms with Gasteiger partial charge in [-0.3, -0.25) is 4.55 Å². The van der Waals surface area contributed by atoms with E-state index in [4.69, 9.17) is 5.73 Å². The molecule has 0 aliphatic rings. The van der Waals surface area contributed by atoms with Gasteiger partial charge in [-0.1, -0.05) is 24.3 Å². The minimum atomic E-state index is -4.56. The summed E-state index contributed by atoms with van der Waals surface area (Å²) in [6.45, 7) is 0. The van der Waals surface area contributed by atoms with Crippen LogP contribution in [0.3, 0.4) is 0 Å². The summed E-state index contributed by atoms with van der Waals surface area (Å²) in [4.78, 5) is -0.395. The number of hydrogen-bond donors (Lipinski definition) is 2. The van der Waals surface area contributed by atoms with E-state index < -0.39 is 26.8 Å². The molecule has 0 amide bonds. The second-order valence-electron chi connectivity index (χ2n) is 5.57. The Balaban J connectivity index is 2.07. The van der Waals surface area contributed by atoms with E-state index in [-0.39, 0.29) is 22.4 Å². The lowest BCUT2D eigenvalue weighted by Crippen LogP contribution is -2.03. The highest BCUT2D eigenvalue weighted by atomic mass is 32.2. The Labute approximate surface area is 151 Å². The third-order valence-electron chi connectivity index (χ3n) is 3.77. The van der Waals surface area contributed by atoms with Gasteiger partial charge in [0.25, 0.3) is 10.1 Å². The van der Waals surface area contributed by atoms with Gasteiger partial charge >= 0.3 is 6.18 Å². The summed E-state index contributed by atoms with van der Waals surface area (Å²) in [5.74, 6) is 0. The summed E-state index contributed by atoms with van der Waals surface area (Å²) in [6, 6.07) is 11.2. The number of nitrogen functional groups attached to an aromatic ring is 1. The van der Waals surface area contributed by atoms with Crippen molar-refractivity contribution in [3.05, 3.63) is 60.2 Å². The number of alkyl halides is 3. The van der Waals surface area contributed by atoms with Gasteiger partial charge in [0.15, 0.2) is 0 Å². The molecule has 0 unspecified atom stereocenters. The number of fused-ring (bicyclic) bond motifs is 1. The summed E-state index contributed by atoms with van der Waals surface area (Å²) < 4.78 is 70.5. The maximum absolute atomic E-state index is 12.6. The van der Waals surface area contributed by atoms with Crippen LogP contribution in [0.2, 0.25) is 0 Å². The summed E-state index contributed by atoms with van der Waals surface area (Å²) >= 11 is 0. The van der Waals surface area contributed by atoms with Crippen LogP contribution in [0, 0.1) is 0 Å². The fraction of sp³-hybridized carbons (Fsp3) is 0.0588. The number of anilines is 1. The van der Waals surface area contributed by atoms with E-state index in [2.05, 4.69) is 10.2 Å². The van der Waals surface area contributed by atoms with E-state index in [0.717, 1.165) is 30.3 Å². The van der Waals surface area contributed by atoms with Crippen LogP contribution in [-0.2, 0) is 16.3 Å². The molecule has 3 N–H and O–H groups in total. The lowest BCUT2D eigenvalue weighted by molar-refractivity contribution is -0.137. The number of hydrogen-bond acceptors (Lipinski definition) is 5. The zero-order valence-corrected chi connectivity index (χ0v) is 14.3. The van der Waals surface area contributed by atoms with Gasteiger partial charge in [-0.25, -0.2) is 0 Å². The minimum Gasteiger partial charge on any atom is -0.396 e. The van der Waals surface area contributed by atoms with Gasteiger partial charge in [-0.2, -0.15) is 26.7 Å². The molecular weight excluding hydrogens is 383 g/mol. The normalized spacial score (nSPS) is 12.7. The molecule has 0 aliphatic heterocycles. The van der Waals surface area contributed by atoms with Gasteiger partial charge in [-0.05, 0) is 30.3 Å². The smallest absolute Gasteiger partial charge is 0.396 e. The molecule has 6 nitrogen and oxygen atoms in total. The number of nitrogens with zero attached hydrogens (tertiary/aromatic N) is 2. The van der Waals surface area contributed by atoms with Crippen molar-refractivity contribution in [3.8, 4) is 0 Å². The highest BCUT2D eigenvalue weighted by Crippen LogP contribution is 2.37. The van der Waals surface area contributed by atoms with E-state index in [1.807, 2.05) is 0 Å². The summed E-state index contributed by atoms with van der Waals surface area (Å²) in [5.41, 5.74) is 5.36. The summed E-state index contributed by atoms with van der Waals surface area (Å²) in [7, 11) is -4.56. The minimum absolute atomic E-state index is 0.0405. The maximum atomic E-state index is 12.6. The molecule has 0 aliphatic carbocycles. The van der Waals surface area contributed by atoms with Crippen LogP contribution in [0.25, 0.3) is 10.8 Å². The first kappa shape index (κ1) is 18.8. The molecule has 0 saturated heterocycles. The van der Waals surface area contributed by atoms with E-state index in [0.29, 0.717) is 5.39 Å². The van der Waals surface area contributed by atoms with Gasteiger partial charge in [-0.15, -0.1) is 5.11 Å². The van der Waals surface area contributed by atoms with Crippen LogP contribution in [0.4, 0.5) is 30.2 Å². The maximum Gasteiger partial charge on any atom is 0.416 e. The SMILES string of the molecule is Nc1c(N=Nc2ccc(C(F)(F)F)cc2)cc(S(=O)(=O)O)c2ccccc12. The lowest BCUT2D eigenvalue weighted by atomic mass is 10.1. The van der Waals surface area contributed by atoms with Crippen molar-refractivity contribution in [2.24, 2.45) is 10.2 Å². The van der Waals surface area contributed by atoms with Crippen LogP contribution in [0.15, 0.2) is 69.7 Å². The van der Waals surface area contributed by atoms with Crippen LogP contribution in [0.1, 0.15) is 5.56 Å². The topological polar surface area (TPSA) is 105 Å². The van der Waals surface area contributed by atoms with Gasteiger partial charge in [0, 0.05) is 10.8 Å². The Bertz CT molecular complexity index is 1140.